The van der Waals surface area contributed by atoms with Crippen molar-refractivity contribution in [2.75, 3.05) is 5.32 Å². The van der Waals surface area contributed by atoms with E-state index in [0.29, 0.717) is 6.07 Å². The van der Waals surface area contributed by atoms with Gasteiger partial charge in [0.05, 0.1) is 28.2 Å². The molecule has 112 valence electrons. The lowest BCUT2D eigenvalue weighted by molar-refractivity contribution is -0.384. The van der Waals surface area contributed by atoms with E-state index in [-0.39, 0.29) is 12.2 Å². The Bertz CT molecular complexity index is 670. The van der Waals surface area contributed by atoms with Gasteiger partial charge >= 0.3 is 6.18 Å². The van der Waals surface area contributed by atoms with Crippen molar-refractivity contribution in [2.24, 2.45) is 0 Å². The molecule has 0 spiro atoms. The molecular formula is C12H10F3N3O2S. The Morgan fingerprint density at radius 2 is 2.14 bits per heavy atom. The van der Waals surface area contributed by atoms with E-state index in [9.17, 15) is 23.3 Å². The van der Waals surface area contributed by atoms with Gasteiger partial charge in [-0.3, -0.25) is 10.1 Å². The summed E-state index contributed by atoms with van der Waals surface area (Å²) in [6, 6.07) is 2.41. The molecule has 0 saturated carbocycles. The van der Waals surface area contributed by atoms with Crippen LogP contribution in [0.5, 0.6) is 0 Å². The summed E-state index contributed by atoms with van der Waals surface area (Å²) < 4.78 is 37.7. The molecule has 1 N–H and O–H groups in total. The highest BCUT2D eigenvalue weighted by molar-refractivity contribution is 7.09. The van der Waals surface area contributed by atoms with Gasteiger partial charge in [0.15, 0.2) is 0 Å². The Morgan fingerprint density at radius 3 is 2.67 bits per heavy atom. The number of nitrogens with one attached hydrogen (secondary N) is 1. The molecule has 21 heavy (non-hydrogen) atoms. The molecule has 1 aromatic carbocycles. The van der Waals surface area contributed by atoms with Crippen LogP contribution in [0.4, 0.5) is 24.5 Å². The topological polar surface area (TPSA) is 68.1 Å². The Balaban J connectivity index is 2.27. The average Bonchev–Trinajstić information content (AvgIpc) is 2.80. The predicted octanol–water partition coefficient (Wildman–Crippen LogP) is 3.99. The van der Waals surface area contributed by atoms with Crippen molar-refractivity contribution in [3.63, 3.8) is 0 Å². The Hall–Kier alpha value is -2.16. The highest BCUT2D eigenvalue weighted by Gasteiger charge is 2.33. The minimum atomic E-state index is -4.61. The Labute approximate surface area is 121 Å². The SMILES string of the molecule is Cc1ncsc1CNc1ccc(C(F)(F)F)cc1[N+](=O)[O-]. The maximum Gasteiger partial charge on any atom is 0.416 e. The van der Waals surface area contributed by atoms with E-state index in [4.69, 9.17) is 0 Å². The van der Waals surface area contributed by atoms with Crippen LogP contribution >= 0.6 is 11.3 Å². The van der Waals surface area contributed by atoms with Gasteiger partial charge in [0, 0.05) is 10.9 Å². The fraction of sp³-hybridized carbons (Fsp3) is 0.250. The van der Waals surface area contributed by atoms with E-state index in [1.165, 1.54) is 11.3 Å². The molecule has 2 aromatic rings. The molecule has 9 heteroatoms. The molecule has 2 rings (SSSR count). The number of nitro benzene ring substituents is 1. The van der Waals surface area contributed by atoms with E-state index in [2.05, 4.69) is 10.3 Å². The molecule has 0 aliphatic rings. The minimum Gasteiger partial charge on any atom is -0.375 e. The molecule has 0 unspecified atom stereocenters. The summed E-state index contributed by atoms with van der Waals surface area (Å²) in [6.07, 6.45) is -4.61. The van der Waals surface area contributed by atoms with E-state index < -0.39 is 22.4 Å². The lowest BCUT2D eigenvalue weighted by atomic mass is 10.1. The molecule has 1 aromatic heterocycles. The molecule has 5 nitrogen and oxygen atoms in total. The standard InChI is InChI=1S/C12H10F3N3O2S/c1-7-11(21-6-17-7)5-16-9-3-2-8(12(13,14)15)4-10(9)18(19)20/h2-4,6,16H,5H2,1H3. The number of nitrogens with zero attached hydrogens (tertiary/aromatic N) is 2. The van der Waals surface area contributed by atoms with Crippen molar-refractivity contribution in [1.82, 2.24) is 4.98 Å². The third-order valence-corrected chi connectivity index (χ3v) is 3.74. The van der Waals surface area contributed by atoms with Gasteiger partial charge in [-0.15, -0.1) is 11.3 Å². The van der Waals surface area contributed by atoms with Crippen molar-refractivity contribution in [2.45, 2.75) is 19.6 Å². The first-order valence-electron chi connectivity index (χ1n) is 5.77. The van der Waals surface area contributed by atoms with Gasteiger partial charge in [0.1, 0.15) is 5.69 Å². The number of aryl methyl sites for hydroxylation is 1. The summed E-state index contributed by atoms with van der Waals surface area (Å²) in [5, 5.41) is 13.7. The van der Waals surface area contributed by atoms with E-state index in [1.54, 1.807) is 12.4 Å². The van der Waals surface area contributed by atoms with Gasteiger partial charge in [0.2, 0.25) is 0 Å². The number of aromatic nitrogens is 1. The van der Waals surface area contributed by atoms with E-state index >= 15 is 0 Å². The van der Waals surface area contributed by atoms with Crippen LogP contribution in [0.15, 0.2) is 23.7 Å². The first-order chi connectivity index (χ1) is 9.79. The summed E-state index contributed by atoms with van der Waals surface area (Å²) in [4.78, 5) is 15.0. The Morgan fingerprint density at radius 1 is 1.43 bits per heavy atom. The van der Waals surface area contributed by atoms with Crippen LogP contribution in [0, 0.1) is 17.0 Å². The molecule has 1 heterocycles. The number of halogens is 3. The summed E-state index contributed by atoms with van der Waals surface area (Å²) >= 11 is 1.37. The number of hydrogen-bond acceptors (Lipinski definition) is 5. The highest BCUT2D eigenvalue weighted by atomic mass is 32.1. The minimum absolute atomic E-state index is 0.0424. The quantitative estimate of drug-likeness (QED) is 0.684. The molecule has 0 bridgehead atoms. The molecule has 0 aliphatic carbocycles. The first-order valence-corrected chi connectivity index (χ1v) is 6.65. The first kappa shape index (κ1) is 15.2. The van der Waals surface area contributed by atoms with E-state index in [1.807, 2.05) is 0 Å². The third kappa shape index (κ3) is 3.48. The molecule has 0 fully saturated rings. The number of benzene rings is 1. The second-order valence-corrected chi connectivity index (χ2v) is 5.14. The zero-order chi connectivity index (χ0) is 15.6. The molecule has 0 radical (unpaired) electrons. The lowest BCUT2D eigenvalue weighted by Gasteiger charge is -2.10. The van der Waals surface area contributed by atoms with Crippen LogP contribution in [-0.2, 0) is 12.7 Å². The second kappa shape index (κ2) is 5.68. The number of nitro groups is 1. The van der Waals surface area contributed by atoms with Crippen LogP contribution in [-0.4, -0.2) is 9.91 Å². The second-order valence-electron chi connectivity index (χ2n) is 4.20. The third-order valence-electron chi connectivity index (χ3n) is 2.81. The fourth-order valence-electron chi connectivity index (χ4n) is 1.68. The van der Waals surface area contributed by atoms with Gasteiger partial charge in [-0.1, -0.05) is 0 Å². The van der Waals surface area contributed by atoms with Crippen LogP contribution in [0.1, 0.15) is 16.1 Å². The monoisotopic (exact) mass is 317 g/mol. The van der Waals surface area contributed by atoms with Crippen molar-refractivity contribution < 1.29 is 18.1 Å². The van der Waals surface area contributed by atoms with E-state index in [0.717, 1.165) is 22.7 Å². The summed E-state index contributed by atoms with van der Waals surface area (Å²) in [5.41, 5.74) is 0.802. The van der Waals surface area contributed by atoms with Crippen LogP contribution < -0.4 is 5.32 Å². The largest absolute Gasteiger partial charge is 0.416 e. The van der Waals surface area contributed by atoms with Crippen molar-refractivity contribution in [3.8, 4) is 0 Å². The zero-order valence-corrected chi connectivity index (χ0v) is 11.6. The number of rotatable bonds is 4. The molecule has 0 amide bonds. The van der Waals surface area contributed by atoms with Crippen molar-refractivity contribution >= 4 is 22.7 Å². The summed E-state index contributed by atoms with van der Waals surface area (Å²) in [6.45, 7) is 2.05. The molecule has 0 atom stereocenters. The van der Waals surface area contributed by atoms with Gasteiger partial charge < -0.3 is 5.32 Å². The molecule has 0 aliphatic heterocycles. The smallest absolute Gasteiger partial charge is 0.375 e. The van der Waals surface area contributed by atoms with Crippen molar-refractivity contribution in [3.05, 3.63) is 50.0 Å². The van der Waals surface area contributed by atoms with Gasteiger partial charge in [-0.05, 0) is 19.1 Å². The number of anilines is 1. The maximum atomic E-state index is 12.6. The average molecular weight is 317 g/mol. The van der Waals surface area contributed by atoms with Gasteiger partial charge in [-0.2, -0.15) is 13.2 Å². The molecular weight excluding hydrogens is 307 g/mol. The van der Waals surface area contributed by atoms with Crippen LogP contribution in [0.25, 0.3) is 0 Å². The molecule has 0 saturated heterocycles. The number of thiazole rings is 1. The van der Waals surface area contributed by atoms with Gasteiger partial charge in [-0.25, -0.2) is 4.98 Å². The van der Waals surface area contributed by atoms with Gasteiger partial charge in [0.25, 0.3) is 5.69 Å². The predicted molar refractivity (Wildman–Crippen MR) is 72.3 cm³/mol. The lowest BCUT2D eigenvalue weighted by Crippen LogP contribution is -2.08. The maximum absolute atomic E-state index is 12.6. The normalized spacial score (nSPS) is 11.4. The zero-order valence-electron chi connectivity index (χ0n) is 10.8. The highest BCUT2D eigenvalue weighted by Crippen LogP contribution is 2.35. The number of hydrogen-bond donors (Lipinski definition) is 1. The summed E-state index contributed by atoms with van der Waals surface area (Å²) in [7, 11) is 0. The van der Waals surface area contributed by atoms with Crippen molar-refractivity contribution in [1.29, 1.82) is 0 Å². The fourth-order valence-corrected chi connectivity index (χ4v) is 2.40. The summed E-state index contributed by atoms with van der Waals surface area (Å²) in [5.74, 6) is 0. The van der Waals surface area contributed by atoms with Crippen LogP contribution in [0.3, 0.4) is 0 Å². The van der Waals surface area contributed by atoms with Crippen LogP contribution in [0.2, 0.25) is 0 Å². The number of alkyl halides is 3. The Kier molecular flexibility index (Phi) is 4.12.